The number of ether oxygens (including phenoxy) is 1. The Balaban J connectivity index is 1.43. The number of thiazole rings is 1. The van der Waals surface area contributed by atoms with Gasteiger partial charge >= 0.3 is 6.11 Å². The van der Waals surface area contributed by atoms with Gasteiger partial charge in [0.1, 0.15) is 33.8 Å². The number of aryl methyl sites for hydroxylation is 1. The highest BCUT2D eigenvalue weighted by atomic mass is 32.1. The molecule has 0 amide bonds. The minimum atomic E-state index is -4.77. The van der Waals surface area contributed by atoms with Crippen molar-refractivity contribution in [1.82, 2.24) is 4.98 Å². The van der Waals surface area contributed by atoms with Gasteiger partial charge in [-0.1, -0.05) is 18.2 Å². The Morgan fingerprint density at radius 2 is 1.39 bits per heavy atom. The third kappa shape index (κ3) is 5.74. The highest BCUT2D eigenvalue weighted by Gasteiger charge is 2.41. The largest absolute Gasteiger partial charge is 0.432 e. The Hall–Kier alpha value is -4.06. The van der Waals surface area contributed by atoms with Crippen molar-refractivity contribution in [3.63, 3.8) is 0 Å². The van der Waals surface area contributed by atoms with Crippen molar-refractivity contribution in [2.75, 3.05) is 6.67 Å². The van der Waals surface area contributed by atoms with Gasteiger partial charge in [-0.3, -0.25) is 4.39 Å². The number of nitrogens with zero attached hydrogens (tertiary/aromatic N) is 1. The first-order valence-corrected chi connectivity index (χ1v) is 12.7. The monoisotopic (exact) mass is 597 g/mol. The number of halogens is 9. The van der Waals surface area contributed by atoms with Gasteiger partial charge in [-0.15, -0.1) is 11.3 Å². The molecule has 41 heavy (non-hydrogen) atoms. The molecule has 0 aliphatic carbocycles. The summed E-state index contributed by atoms with van der Waals surface area (Å²) >= 11 is 1.26. The molecule has 0 saturated carbocycles. The minimum Gasteiger partial charge on any atom is -0.429 e. The molecule has 212 valence electrons. The molecule has 1 aromatic heterocycles. The van der Waals surface area contributed by atoms with Crippen LogP contribution in [0.15, 0.2) is 60.7 Å². The molecule has 0 aliphatic rings. The molecule has 0 fully saturated rings. The number of fused-ring (bicyclic) bond motifs is 1. The summed E-state index contributed by atoms with van der Waals surface area (Å²) in [5, 5.41) is 0.450. The number of alkyl halides is 3. The normalized spacial score (nSPS) is 11.8. The lowest BCUT2D eigenvalue weighted by Crippen LogP contribution is -2.25. The molecule has 1 heterocycles. The average Bonchev–Trinajstić information content (AvgIpc) is 3.33. The van der Waals surface area contributed by atoms with Crippen LogP contribution in [0.2, 0.25) is 0 Å². The molecule has 5 rings (SSSR count). The maximum Gasteiger partial charge on any atom is 0.432 e. The highest BCUT2D eigenvalue weighted by Crippen LogP contribution is 2.39. The summed E-state index contributed by atoms with van der Waals surface area (Å²) in [6.07, 6.45) is -3.84. The van der Waals surface area contributed by atoms with Gasteiger partial charge in [-0.2, -0.15) is 8.78 Å². The summed E-state index contributed by atoms with van der Waals surface area (Å²) in [7, 11) is 0. The van der Waals surface area contributed by atoms with Crippen LogP contribution in [0.25, 0.3) is 31.9 Å². The van der Waals surface area contributed by atoms with Crippen LogP contribution in [0.3, 0.4) is 0 Å². The zero-order valence-electron chi connectivity index (χ0n) is 20.6. The number of hydrogen-bond acceptors (Lipinski definition) is 3. The second kappa shape index (κ2) is 11.1. The fraction of sp³-hybridized carbons (Fsp3) is 0.138. The first kappa shape index (κ1) is 28.5. The topological polar surface area (TPSA) is 22.1 Å². The van der Waals surface area contributed by atoms with E-state index in [1.165, 1.54) is 23.5 Å². The highest BCUT2D eigenvalue weighted by molar-refractivity contribution is 7.21. The maximum atomic E-state index is 15.1. The number of rotatable bonds is 8. The molecule has 0 saturated heterocycles. The molecule has 5 aromatic rings. The van der Waals surface area contributed by atoms with E-state index in [9.17, 15) is 35.1 Å². The summed E-state index contributed by atoms with van der Waals surface area (Å²) in [4.78, 5) is 4.46. The lowest BCUT2D eigenvalue weighted by molar-refractivity contribution is -0.189. The molecular weight excluding hydrogens is 581 g/mol. The van der Waals surface area contributed by atoms with Gasteiger partial charge < -0.3 is 4.74 Å². The number of aromatic nitrogens is 1. The second-order valence-electron chi connectivity index (χ2n) is 8.94. The van der Waals surface area contributed by atoms with E-state index in [-0.39, 0.29) is 17.7 Å². The first-order chi connectivity index (χ1) is 19.5. The van der Waals surface area contributed by atoms with Crippen LogP contribution in [0.4, 0.5) is 39.5 Å². The van der Waals surface area contributed by atoms with Gasteiger partial charge in [0.15, 0.2) is 17.5 Å². The molecular formula is C29H16F9NOS. The molecule has 0 unspecified atom stereocenters. The van der Waals surface area contributed by atoms with E-state index in [0.717, 1.165) is 16.3 Å². The molecule has 0 spiro atoms. The fourth-order valence-corrected chi connectivity index (χ4v) is 5.22. The molecule has 0 aliphatic heterocycles. The van der Waals surface area contributed by atoms with Crippen LogP contribution in [0.1, 0.15) is 17.5 Å². The van der Waals surface area contributed by atoms with Crippen LogP contribution in [0, 0.1) is 34.9 Å². The molecule has 0 radical (unpaired) electrons. The van der Waals surface area contributed by atoms with Gasteiger partial charge in [0.25, 0.3) is 0 Å². The standard InChI is InChI=1S/C29H16F9NOS/c30-7-1-2-14-3-6-24-25(8-14)41-28(39-24)15-4-5-18(19(31)9-15)16-10-20(32)26(21(33)11-16)29(37,38)40-17-12-22(34)27(36)23(35)13-17/h3-6,8-13H,1-2,7H2. The maximum absolute atomic E-state index is 15.1. The Kier molecular flexibility index (Phi) is 7.69. The predicted octanol–water partition coefficient (Wildman–Crippen LogP) is 9.50. The van der Waals surface area contributed by atoms with Crippen LogP contribution < -0.4 is 4.74 Å². The zero-order chi connectivity index (χ0) is 29.5. The number of hydrogen-bond donors (Lipinski definition) is 0. The predicted molar refractivity (Wildman–Crippen MR) is 135 cm³/mol. The van der Waals surface area contributed by atoms with Crippen molar-refractivity contribution in [2.24, 2.45) is 0 Å². The van der Waals surface area contributed by atoms with E-state index < -0.39 is 64.6 Å². The lowest BCUT2D eigenvalue weighted by atomic mass is 10.0. The molecule has 2 nitrogen and oxygen atoms in total. The van der Waals surface area contributed by atoms with E-state index >= 15 is 4.39 Å². The van der Waals surface area contributed by atoms with Gasteiger partial charge in [-0.25, -0.2) is 31.3 Å². The van der Waals surface area contributed by atoms with E-state index in [0.29, 0.717) is 41.1 Å². The zero-order valence-corrected chi connectivity index (χ0v) is 21.4. The van der Waals surface area contributed by atoms with Crippen molar-refractivity contribution in [3.8, 4) is 27.4 Å². The third-order valence-electron chi connectivity index (χ3n) is 6.12. The second-order valence-corrected chi connectivity index (χ2v) is 9.97. The van der Waals surface area contributed by atoms with Gasteiger partial charge in [0, 0.05) is 23.3 Å². The van der Waals surface area contributed by atoms with Crippen LogP contribution in [-0.4, -0.2) is 11.7 Å². The van der Waals surface area contributed by atoms with Crippen molar-refractivity contribution in [1.29, 1.82) is 0 Å². The quantitative estimate of drug-likeness (QED) is 0.131. The van der Waals surface area contributed by atoms with Crippen LogP contribution >= 0.6 is 11.3 Å². The van der Waals surface area contributed by atoms with Crippen molar-refractivity contribution < 1.29 is 44.3 Å². The summed E-state index contributed by atoms with van der Waals surface area (Å²) in [6.45, 7) is -0.442. The summed E-state index contributed by atoms with van der Waals surface area (Å²) in [5.74, 6) is -11.4. The van der Waals surface area contributed by atoms with E-state index in [2.05, 4.69) is 9.72 Å². The minimum absolute atomic E-state index is 0.0878. The summed E-state index contributed by atoms with van der Waals surface area (Å²) < 4.78 is 131. The summed E-state index contributed by atoms with van der Waals surface area (Å²) in [6, 6.07) is 10.3. The number of benzene rings is 4. The molecule has 0 bridgehead atoms. The molecule has 0 N–H and O–H groups in total. The van der Waals surface area contributed by atoms with Crippen molar-refractivity contribution in [2.45, 2.75) is 19.0 Å². The van der Waals surface area contributed by atoms with Gasteiger partial charge in [0.2, 0.25) is 0 Å². The summed E-state index contributed by atoms with van der Waals surface area (Å²) in [5.41, 5.74) is -0.693. The Morgan fingerprint density at radius 3 is 2.02 bits per heavy atom. The van der Waals surface area contributed by atoms with Crippen LogP contribution in [0.5, 0.6) is 5.75 Å². The lowest BCUT2D eigenvalue weighted by Gasteiger charge is -2.20. The SMILES string of the molecule is FCCCc1ccc2nc(-c3ccc(-c4cc(F)c(C(F)(F)Oc5cc(F)c(F)c(F)c5)c(F)c4)c(F)c3)sc2c1. The van der Waals surface area contributed by atoms with E-state index in [1.54, 1.807) is 6.07 Å². The molecule has 4 aromatic carbocycles. The Bertz CT molecular complexity index is 1720. The van der Waals surface area contributed by atoms with E-state index in [1.807, 2.05) is 12.1 Å². The Morgan fingerprint density at radius 1 is 0.732 bits per heavy atom. The third-order valence-corrected chi connectivity index (χ3v) is 7.18. The van der Waals surface area contributed by atoms with E-state index in [4.69, 9.17) is 0 Å². The molecule has 12 heteroatoms. The van der Waals surface area contributed by atoms with Crippen LogP contribution in [-0.2, 0) is 12.5 Å². The first-order valence-electron chi connectivity index (χ1n) is 11.9. The average molecular weight is 598 g/mol. The smallest absolute Gasteiger partial charge is 0.429 e. The van der Waals surface area contributed by atoms with Crippen molar-refractivity contribution >= 4 is 21.6 Å². The fourth-order valence-electron chi connectivity index (χ4n) is 4.20. The van der Waals surface area contributed by atoms with Crippen molar-refractivity contribution in [3.05, 3.63) is 107 Å². The van der Waals surface area contributed by atoms with Gasteiger partial charge in [0.05, 0.1) is 16.9 Å². The van der Waals surface area contributed by atoms with Gasteiger partial charge in [-0.05, 0) is 54.3 Å². The Labute approximate surface area is 230 Å². The molecule has 0 atom stereocenters.